The molecule has 2 fully saturated rings. The van der Waals surface area contributed by atoms with Gasteiger partial charge in [0, 0.05) is 24.2 Å². The van der Waals surface area contributed by atoms with Crippen molar-refractivity contribution in [3.63, 3.8) is 0 Å². The fourth-order valence-electron chi connectivity index (χ4n) is 2.46. The van der Waals surface area contributed by atoms with E-state index in [1.165, 1.54) is 30.7 Å². The SMILES string of the molecule is Cc1csc(C(NCC2CCCO2)C2CC2)n1. The average Bonchev–Trinajstić information content (AvgIpc) is 2.85. The first-order valence-electron chi connectivity index (χ1n) is 6.60. The topological polar surface area (TPSA) is 34.1 Å². The van der Waals surface area contributed by atoms with E-state index in [4.69, 9.17) is 4.74 Å². The van der Waals surface area contributed by atoms with E-state index in [1.54, 1.807) is 11.3 Å². The third-order valence-corrected chi connectivity index (χ3v) is 4.63. The van der Waals surface area contributed by atoms with Gasteiger partial charge in [-0.2, -0.15) is 0 Å². The van der Waals surface area contributed by atoms with Crippen LogP contribution in [0.4, 0.5) is 0 Å². The van der Waals surface area contributed by atoms with Crippen molar-refractivity contribution in [1.82, 2.24) is 10.3 Å². The number of nitrogens with one attached hydrogen (secondary N) is 1. The van der Waals surface area contributed by atoms with E-state index in [2.05, 4.69) is 22.6 Å². The van der Waals surface area contributed by atoms with Crippen LogP contribution in [0.1, 0.15) is 42.4 Å². The predicted octanol–water partition coefficient (Wildman–Crippen LogP) is 2.67. The van der Waals surface area contributed by atoms with Crippen LogP contribution < -0.4 is 5.32 Å². The van der Waals surface area contributed by atoms with E-state index >= 15 is 0 Å². The molecule has 0 radical (unpaired) electrons. The quantitative estimate of drug-likeness (QED) is 0.875. The molecule has 1 aliphatic carbocycles. The molecule has 94 valence electrons. The van der Waals surface area contributed by atoms with Crippen LogP contribution >= 0.6 is 11.3 Å². The van der Waals surface area contributed by atoms with Crippen molar-refractivity contribution in [3.05, 3.63) is 16.1 Å². The lowest BCUT2D eigenvalue weighted by Crippen LogP contribution is -2.31. The van der Waals surface area contributed by atoms with E-state index in [0.717, 1.165) is 24.8 Å². The molecule has 0 amide bonds. The van der Waals surface area contributed by atoms with Crippen LogP contribution in [-0.4, -0.2) is 24.2 Å². The van der Waals surface area contributed by atoms with Crippen LogP contribution in [0, 0.1) is 12.8 Å². The first-order valence-corrected chi connectivity index (χ1v) is 7.48. The number of hydrogen-bond donors (Lipinski definition) is 1. The highest BCUT2D eigenvalue weighted by Crippen LogP contribution is 2.41. The summed E-state index contributed by atoms with van der Waals surface area (Å²) in [6.45, 7) is 4.00. The summed E-state index contributed by atoms with van der Waals surface area (Å²) in [4.78, 5) is 4.63. The van der Waals surface area contributed by atoms with Crippen molar-refractivity contribution in [1.29, 1.82) is 0 Å². The number of aryl methyl sites for hydroxylation is 1. The summed E-state index contributed by atoms with van der Waals surface area (Å²) < 4.78 is 5.67. The van der Waals surface area contributed by atoms with Gasteiger partial charge in [0.05, 0.1) is 12.1 Å². The molecule has 2 unspecified atom stereocenters. The van der Waals surface area contributed by atoms with Crippen molar-refractivity contribution in [3.8, 4) is 0 Å². The zero-order valence-corrected chi connectivity index (χ0v) is 11.1. The molecular weight excluding hydrogens is 232 g/mol. The van der Waals surface area contributed by atoms with Gasteiger partial charge < -0.3 is 10.1 Å². The minimum absolute atomic E-state index is 0.428. The minimum atomic E-state index is 0.428. The first kappa shape index (κ1) is 11.6. The number of hydrogen-bond acceptors (Lipinski definition) is 4. The van der Waals surface area contributed by atoms with Crippen molar-refractivity contribution >= 4 is 11.3 Å². The maximum absolute atomic E-state index is 5.67. The molecule has 1 aromatic rings. The van der Waals surface area contributed by atoms with Gasteiger partial charge in [-0.15, -0.1) is 11.3 Å². The predicted molar refractivity (Wildman–Crippen MR) is 69.3 cm³/mol. The molecule has 0 bridgehead atoms. The molecular formula is C13H20N2OS. The minimum Gasteiger partial charge on any atom is -0.377 e. The third kappa shape index (κ3) is 2.87. The summed E-state index contributed by atoms with van der Waals surface area (Å²) in [5.74, 6) is 0.807. The lowest BCUT2D eigenvalue weighted by Gasteiger charge is -2.18. The van der Waals surface area contributed by atoms with Gasteiger partial charge in [0.2, 0.25) is 0 Å². The summed E-state index contributed by atoms with van der Waals surface area (Å²) in [5, 5.41) is 7.09. The van der Waals surface area contributed by atoms with Crippen LogP contribution in [0.25, 0.3) is 0 Å². The second-order valence-corrected chi connectivity index (χ2v) is 6.08. The highest BCUT2D eigenvalue weighted by molar-refractivity contribution is 7.09. The van der Waals surface area contributed by atoms with E-state index < -0.39 is 0 Å². The van der Waals surface area contributed by atoms with E-state index in [9.17, 15) is 0 Å². The number of ether oxygens (including phenoxy) is 1. The van der Waals surface area contributed by atoms with Gasteiger partial charge in [-0.05, 0) is 38.5 Å². The van der Waals surface area contributed by atoms with Gasteiger partial charge in [0.25, 0.3) is 0 Å². The number of nitrogens with zero attached hydrogens (tertiary/aromatic N) is 1. The summed E-state index contributed by atoms with van der Waals surface area (Å²) in [6.07, 6.45) is 5.55. The zero-order chi connectivity index (χ0) is 11.7. The summed E-state index contributed by atoms with van der Waals surface area (Å²) in [7, 11) is 0. The normalized spacial score (nSPS) is 26.3. The molecule has 3 nitrogen and oxygen atoms in total. The molecule has 1 saturated heterocycles. The molecule has 0 spiro atoms. The van der Waals surface area contributed by atoms with Crippen LogP contribution in [0.15, 0.2) is 5.38 Å². The van der Waals surface area contributed by atoms with Gasteiger partial charge in [-0.3, -0.25) is 0 Å². The van der Waals surface area contributed by atoms with Crippen LogP contribution in [0.5, 0.6) is 0 Å². The smallest absolute Gasteiger partial charge is 0.110 e. The number of aromatic nitrogens is 1. The van der Waals surface area contributed by atoms with Crippen molar-refractivity contribution in [2.75, 3.05) is 13.2 Å². The molecule has 2 aliphatic rings. The molecule has 2 atom stereocenters. The number of rotatable bonds is 5. The number of thiazole rings is 1. The molecule has 4 heteroatoms. The summed E-state index contributed by atoms with van der Waals surface area (Å²) >= 11 is 1.79. The Morgan fingerprint density at radius 1 is 1.53 bits per heavy atom. The van der Waals surface area contributed by atoms with Gasteiger partial charge in [-0.1, -0.05) is 0 Å². The maximum atomic E-state index is 5.67. The zero-order valence-electron chi connectivity index (χ0n) is 10.3. The third-order valence-electron chi connectivity index (χ3n) is 3.59. The molecule has 1 N–H and O–H groups in total. The van der Waals surface area contributed by atoms with Gasteiger partial charge in [-0.25, -0.2) is 4.98 Å². The Morgan fingerprint density at radius 2 is 2.41 bits per heavy atom. The standard InChI is InChI=1S/C13H20N2OS/c1-9-8-17-13(15-9)12(10-4-5-10)14-7-11-3-2-6-16-11/h8,10-12,14H,2-7H2,1H3. The highest BCUT2D eigenvalue weighted by Gasteiger charge is 2.34. The summed E-state index contributed by atoms with van der Waals surface area (Å²) in [5.41, 5.74) is 1.15. The van der Waals surface area contributed by atoms with Crippen molar-refractivity contribution in [2.45, 2.75) is 44.8 Å². The lowest BCUT2D eigenvalue weighted by molar-refractivity contribution is 0.106. The van der Waals surface area contributed by atoms with Gasteiger partial charge in [0.1, 0.15) is 5.01 Å². The Kier molecular flexibility index (Phi) is 3.45. The molecule has 1 aromatic heterocycles. The highest BCUT2D eigenvalue weighted by atomic mass is 32.1. The molecule has 17 heavy (non-hydrogen) atoms. The fraction of sp³-hybridized carbons (Fsp3) is 0.769. The second kappa shape index (κ2) is 5.04. The van der Waals surface area contributed by atoms with Gasteiger partial charge >= 0.3 is 0 Å². The summed E-state index contributed by atoms with van der Waals surface area (Å²) in [6, 6.07) is 0.470. The molecule has 3 rings (SSSR count). The molecule has 2 heterocycles. The Hall–Kier alpha value is -0.450. The Labute approximate surface area is 107 Å². The van der Waals surface area contributed by atoms with Crippen LogP contribution in [0.3, 0.4) is 0 Å². The van der Waals surface area contributed by atoms with Crippen molar-refractivity contribution in [2.24, 2.45) is 5.92 Å². The van der Waals surface area contributed by atoms with Gasteiger partial charge in [0.15, 0.2) is 0 Å². The maximum Gasteiger partial charge on any atom is 0.110 e. The lowest BCUT2D eigenvalue weighted by atomic mass is 10.1. The average molecular weight is 252 g/mol. The Balaban J connectivity index is 1.60. The van der Waals surface area contributed by atoms with E-state index in [0.29, 0.717) is 12.1 Å². The Bertz CT molecular complexity index is 369. The van der Waals surface area contributed by atoms with Crippen molar-refractivity contribution < 1.29 is 4.74 Å². The molecule has 1 saturated carbocycles. The fourth-order valence-corrected chi connectivity index (χ4v) is 3.43. The Morgan fingerprint density at radius 3 is 3.00 bits per heavy atom. The van der Waals surface area contributed by atoms with Crippen LogP contribution in [-0.2, 0) is 4.74 Å². The monoisotopic (exact) mass is 252 g/mol. The molecule has 1 aliphatic heterocycles. The van der Waals surface area contributed by atoms with E-state index in [1.807, 2.05) is 0 Å². The second-order valence-electron chi connectivity index (χ2n) is 5.19. The largest absolute Gasteiger partial charge is 0.377 e. The molecule has 0 aromatic carbocycles. The van der Waals surface area contributed by atoms with E-state index in [-0.39, 0.29) is 0 Å². The van der Waals surface area contributed by atoms with Crippen LogP contribution in [0.2, 0.25) is 0 Å². The first-order chi connectivity index (χ1) is 8.33.